The molecule has 0 saturated heterocycles. The second-order valence-corrected chi connectivity index (χ2v) is 4.66. The molecule has 0 spiro atoms. The molecule has 112 valence electrons. The van der Waals surface area contributed by atoms with Gasteiger partial charge >= 0.3 is 5.97 Å². The molecule has 0 atom stereocenters. The maximum atomic E-state index is 12.0. The molecule has 7 nitrogen and oxygen atoms in total. The van der Waals surface area contributed by atoms with Crippen LogP contribution < -0.4 is 10.9 Å². The molecule has 0 saturated carbocycles. The van der Waals surface area contributed by atoms with Crippen molar-refractivity contribution in [3.63, 3.8) is 0 Å². The third-order valence-electron chi connectivity index (χ3n) is 2.74. The van der Waals surface area contributed by atoms with Crippen LogP contribution in [0.1, 0.15) is 11.5 Å². The zero-order chi connectivity index (χ0) is 15.4. The summed E-state index contributed by atoms with van der Waals surface area (Å²) in [5.41, 5.74) is -0.195. The number of anilines is 1. The average Bonchev–Trinajstić information content (AvgIpc) is 2.88. The lowest BCUT2D eigenvalue weighted by molar-refractivity contribution is -0.141. The van der Waals surface area contributed by atoms with Crippen LogP contribution in [0.15, 0.2) is 27.5 Å². The Hall–Kier alpha value is -2.28. The first kappa shape index (κ1) is 15.1. The highest BCUT2D eigenvalue weighted by molar-refractivity contribution is 6.32. The predicted molar refractivity (Wildman–Crippen MR) is 76.3 cm³/mol. The minimum atomic E-state index is -0.576. The Morgan fingerprint density at radius 2 is 2.29 bits per heavy atom. The average molecular weight is 312 g/mol. The third-order valence-corrected chi connectivity index (χ3v) is 3.11. The summed E-state index contributed by atoms with van der Waals surface area (Å²) in [4.78, 5) is 23.1. The number of hydrogen-bond acceptors (Lipinski definition) is 6. The molecule has 1 N–H and O–H groups in total. The van der Waals surface area contributed by atoms with Gasteiger partial charge in [0.25, 0.3) is 5.56 Å². The molecule has 0 bridgehead atoms. The van der Waals surface area contributed by atoms with Crippen LogP contribution in [0.3, 0.4) is 0 Å². The van der Waals surface area contributed by atoms with Gasteiger partial charge in [-0.3, -0.25) is 9.59 Å². The predicted octanol–water partition coefficient (Wildman–Crippen LogP) is 1.58. The SMILES string of the molecule is COC(=O)Cn1ncc(NCc2ccc(C)o2)c(Cl)c1=O. The number of nitrogens with zero attached hydrogens (tertiary/aromatic N) is 2. The quantitative estimate of drug-likeness (QED) is 0.844. The maximum absolute atomic E-state index is 12.0. The molecule has 0 aliphatic rings. The molecule has 8 heteroatoms. The normalized spacial score (nSPS) is 10.4. The van der Waals surface area contributed by atoms with E-state index < -0.39 is 11.5 Å². The summed E-state index contributed by atoms with van der Waals surface area (Å²) >= 11 is 5.98. The number of halogens is 1. The number of furan rings is 1. The van der Waals surface area contributed by atoms with Gasteiger partial charge in [0.15, 0.2) is 0 Å². The van der Waals surface area contributed by atoms with E-state index in [4.69, 9.17) is 16.0 Å². The summed E-state index contributed by atoms with van der Waals surface area (Å²) in [5, 5.41) is 6.79. The van der Waals surface area contributed by atoms with E-state index in [9.17, 15) is 9.59 Å². The van der Waals surface area contributed by atoms with Crippen LogP contribution in [0.2, 0.25) is 5.02 Å². The van der Waals surface area contributed by atoms with Gasteiger partial charge in [0, 0.05) is 0 Å². The lowest BCUT2D eigenvalue weighted by Crippen LogP contribution is -2.28. The molecule has 0 aliphatic carbocycles. The van der Waals surface area contributed by atoms with Crippen molar-refractivity contribution in [2.75, 3.05) is 12.4 Å². The van der Waals surface area contributed by atoms with Crippen LogP contribution in [-0.4, -0.2) is 22.9 Å². The van der Waals surface area contributed by atoms with Gasteiger partial charge in [-0.15, -0.1) is 0 Å². The summed E-state index contributed by atoms with van der Waals surface area (Å²) in [5.74, 6) is 0.930. The molecule has 2 aromatic rings. The van der Waals surface area contributed by atoms with Gasteiger partial charge in [-0.25, -0.2) is 4.68 Å². The third kappa shape index (κ3) is 3.63. The molecule has 0 amide bonds. The number of hydrogen-bond donors (Lipinski definition) is 1. The van der Waals surface area contributed by atoms with Gasteiger partial charge in [-0.2, -0.15) is 5.10 Å². The standard InChI is InChI=1S/C13H14ClN3O4/c1-8-3-4-9(21-8)5-15-10-6-16-17(7-11(18)20-2)13(19)12(10)14/h3-4,6,15H,5,7H2,1-2H3. The van der Waals surface area contributed by atoms with Gasteiger partial charge in [-0.1, -0.05) is 11.6 Å². The highest BCUT2D eigenvalue weighted by Gasteiger charge is 2.12. The van der Waals surface area contributed by atoms with Gasteiger partial charge in [0.05, 0.1) is 25.5 Å². The molecule has 0 aromatic carbocycles. The molecular weight excluding hydrogens is 298 g/mol. The number of carbonyl (C=O) groups is 1. The van der Waals surface area contributed by atoms with Gasteiger partial charge in [-0.05, 0) is 19.1 Å². The summed E-state index contributed by atoms with van der Waals surface area (Å²) in [6, 6.07) is 3.66. The number of rotatable bonds is 5. The summed E-state index contributed by atoms with van der Waals surface area (Å²) in [6.07, 6.45) is 1.38. The Bertz CT molecular complexity index is 708. The molecule has 0 fully saturated rings. The fourth-order valence-electron chi connectivity index (χ4n) is 1.65. The number of esters is 1. The van der Waals surface area contributed by atoms with Crippen LogP contribution in [0.25, 0.3) is 0 Å². The van der Waals surface area contributed by atoms with E-state index in [1.165, 1.54) is 13.3 Å². The van der Waals surface area contributed by atoms with Crippen molar-refractivity contribution in [2.24, 2.45) is 0 Å². The Balaban J connectivity index is 2.13. The lowest BCUT2D eigenvalue weighted by Gasteiger charge is -2.08. The number of aryl methyl sites for hydroxylation is 1. The number of methoxy groups -OCH3 is 1. The van der Waals surface area contributed by atoms with Crippen LogP contribution in [0, 0.1) is 6.92 Å². The Morgan fingerprint density at radius 3 is 2.90 bits per heavy atom. The van der Waals surface area contributed by atoms with Gasteiger partial charge in [0.1, 0.15) is 23.1 Å². The largest absolute Gasteiger partial charge is 0.468 e. The second-order valence-electron chi connectivity index (χ2n) is 4.28. The topological polar surface area (TPSA) is 86.4 Å². The lowest BCUT2D eigenvalue weighted by atomic mass is 10.4. The Kier molecular flexibility index (Phi) is 4.64. The van der Waals surface area contributed by atoms with Crippen molar-refractivity contribution in [1.29, 1.82) is 0 Å². The second kappa shape index (κ2) is 6.45. The first-order valence-electron chi connectivity index (χ1n) is 6.13. The van der Waals surface area contributed by atoms with Crippen molar-refractivity contribution in [1.82, 2.24) is 9.78 Å². The fraction of sp³-hybridized carbons (Fsp3) is 0.308. The number of ether oxygens (including phenoxy) is 1. The smallest absolute Gasteiger partial charge is 0.327 e. The van der Waals surface area contributed by atoms with Crippen molar-refractivity contribution >= 4 is 23.3 Å². The molecule has 2 aromatic heterocycles. The van der Waals surface area contributed by atoms with E-state index in [1.807, 2.05) is 19.1 Å². The monoisotopic (exact) mass is 311 g/mol. The van der Waals surface area contributed by atoms with E-state index in [1.54, 1.807) is 0 Å². The van der Waals surface area contributed by atoms with Crippen LogP contribution in [0.4, 0.5) is 5.69 Å². The minimum Gasteiger partial charge on any atom is -0.468 e. The van der Waals surface area contributed by atoms with Crippen LogP contribution in [0.5, 0.6) is 0 Å². The van der Waals surface area contributed by atoms with Gasteiger partial charge in [0.2, 0.25) is 0 Å². The van der Waals surface area contributed by atoms with E-state index in [-0.39, 0.29) is 11.6 Å². The van der Waals surface area contributed by atoms with E-state index in [0.717, 1.165) is 10.4 Å². The highest BCUT2D eigenvalue weighted by Crippen LogP contribution is 2.17. The first-order chi connectivity index (χ1) is 10.0. The van der Waals surface area contributed by atoms with Crippen molar-refractivity contribution in [3.05, 3.63) is 45.2 Å². The Labute approximate surface area is 125 Å². The van der Waals surface area contributed by atoms with Crippen LogP contribution >= 0.6 is 11.6 Å². The molecule has 0 aliphatic heterocycles. The fourth-order valence-corrected chi connectivity index (χ4v) is 1.86. The molecule has 21 heavy (non-hydrogen) atoms. The van der Waals surface area contributed by atoms with Crippen LogP contribution in [-0.2, 0) is 22.6 Å². The molecule has 0 unspecified atom stereocenters. The van der Waals surface area contributed by atoms with E-state index in [2.05, 4.69) is 15.2 Å². The molecular formula is C13H14ClN3O4. The van der Waals surface area contributed by atoms with E-state index in [0.29, 0.717) is 18.0 Å². The zero-order valence-electron chi connectivity index (χ0n) is 11.6. The van der Waals surface area contributed by atoms with Gasteiger partial charge < -0.3 is 14.5 Å². The summed E-state index contributed by atoms with van der Waals surface area (Å²) in [6.45, 7) is 1.93. The van der Waals surface area contributed by atoms with Crippen molar-refractivity contribution < 1.29 is 13.9 Å². The highest BCUT2D eigenvalue weighted by atomic mass is 35.5. The zero-order valence-corrected chi connectivity index (χ0v) is 12.3. The summed E-state index contributed by atoms with van der Waals surface area (Å²) in [7, 11) is 1.23. The molecule has 0 radical (unpaired) electrons. The van der Waals surface area contributed by atoms with E-state index >= 15 is 0 Å². The molecule has 2 rings (SSSR count). The van der Waals surface area contributed by atoms with Crippen molar-refractivity contribution in [3.8, 4) is 0 Å². The number of aromatic nitrogens is 2. The number of carbonyl (C=O) groups excluding carboxylic acids is 1. The maximum Gasteiger partial charge on any atom is 0.327 e. The van der Waals surface area contributed by atoms with Crippen molar-refractivity contribution in [2.45, 2.75) is 20.0 Å². The number of nitrogens with one attached hydrogen (secondary N) is 1. The minimum absolute atomic E-state index is 0.0443. The molecule has 2 heterocycles. The first-order valence-corrected chi connectivity index (χ1v) is 6.50. The summed E-state index contributed by atoms with van der Waals surface area (Å²) < 4.78 is 10.8. The Morgan fingerprint density at radius 1 is 1.52 bits per heavy atom.